The summed E-state index contributed by atoms with van der Waals surface area (Å²) in [7, 11) is 1.75. The number of thioether (sulfide) groups is 1. The maximum absolute atomic E-state index is 11.3. The monoisotopic (exact) mass is 271 g/mol. The summed E-state index contributed by atoms with van der Waals surface area (Å²) in [5.41, 5.74) is 5.65. The highest BCUT2D eigenvalue weighted by Gasteiger charge is 2.28. The van der Waals surface area contributed by atoms with Gasteiger partial charge in [0.2, 0.25) is 5.91 Å². The van der Waals surface area contributed by atoms with E-state index in [0.29, 0.717) is 11.6 Å². The van der Waals surface area contributed by atoms with Crippen molar-refractivity contribution in [2.75, 3.05) is 12.8 Å². The molecular weight excluding hydrogens is 250 g/mol. The molecule has 0 aromatic carbocycles. The smallest absolute Gasteiger partial charge is 0.256 e. The van der Waals surface area contributed by atoms with E-state index in [1.165, 1.54) is 0 Å². The Balaban J connectivity index is 2.36. The first-order valence-corrected chi connectivity index (χ1v) is 6.93. The van der Waals surface area contributed by atoms with Crippen molar-refractivity contribution in [1.29, 1.82) is 0 Å². The minimum atomic E-state index is -0.636. The summed E-state index contributed by atoms with van der Waals surface area (Å²) in [5.74, 6) is 1.39. The highest BCUT2D eigenvalue weighted by atomic mass is 32.2. The number of nitrogens with two attached hydrogens (primary N) is 1. The Bertz CT molecular complexity index is 400. The normalized spacial score (nSPS) is 14.4. The van der Waals surface area contributed by atoms with Gasteiger partial charge in [-0.25, -0.2) is 4.98 Å². The number of oxazole rings is 1. The summed E-state index contributed by atoms with van der Waals surface area (Å²) >= 11 is 1.56. The van der Waals surface area contributed by atoms with Crippen molar-refractivity contribution in [3.63, 3.8) is 0 Å². The van der Waals surface area contributed by atoms with Gasteiger partial charge >= 0.3 is 0 Å². The quantitative estimate of drug-likeness (QED) is 0.582. The Morgan fingerprint density at radius 3 is 2.67 bits per heavy atom. The molecule has 0 aliphatic heterocycles. The summed E-state index contributed by atoms with van der Waals surface area (Å²) in [5, 5.41) is 3.66. The molecule has 18 heavy (non-hydrogen) atoms. The zero-order chi connectivity index (χ0) is 13.8. The van der Waals surface area contributed by atoms with Gasteiger partial charge in [0.05, 0.1) is 11.2 Å². The summed E-state index contributed by atoms with van der Waals surface area (Å²) in [6, 6.07) is 0. The molecule has 0 aliphatic rings. The third kappa shape index (κ3) is 3.74. The van der Waals surface area contributed by atoms with Crippen LogP contribution in [-0.2, 0) is 4.79 Å². The van der Waals surface area contributed by atoms with E-state index in [2.05, 4.69) is 10.3 Å². The van der Waals surface area contributed by atoms with Gasteiger partial charge in [-0.2, -0.15) is 0 Å². The number of rotatable bonds is 7. The van der Waals surface area contributed by atoms with E-state index in [1.54, 1.807) is 18.8 Å². The molecule has 0 radical (unpaired) electrons. The van der Waals surface area contributed by atoms with Gasteiger partial charge in [0.1, 0.15) is 5.76 Å². The second-order valence-electron chi connectivity index (χ2n) is 4.52. The lowest BCUT2D eigenvalue weighted by molar-refractivity contribution is -0.123. The topological polar surface area (TPSA) is 81.2 Å². The lowest BCUT2D eigenvalue weighted by Crippen LogP contribution is -2.51. The van der Waals surface area contributed by atoms with Crippen molar-refractivity contribution in [3.05, 3.63) is 11.5 Å². The molecule has 0 saturated carbocycles. The molecule has 1 unspecified atom stereocenters. The second-order valence-corrected chi connectivity index (χ2v) is 5.57. The Labute approximate surface area is 112 Å². The van der Waals surface area contributed by atoms with E-state index in [9.17, 15) is 4.79 Å². The number of amides is 1. The van der Waals surface area contributed by atoms with Crippen LogP contribution in [0.1, 0.15) is 31.2 Å². The minimum absolute atomic E-state index is 0.321. The number of primary amides is 1. The predicted molar refractivity (Wildman–Crippen MR) is 72.6 cm³/mol. The average Bonchev–Trinajstić information content (AvgIpc) is 2.64. The van der Waals surface area contributed by atoms with Gasteiger partial charge in [0.25, 0.3) is 5.22 Å². The van der Waals surface area contributed by atoms with Crippen LogP contribution in [0.15, 0.2) is 9.64 Å². The molecule has 102 valence electrons. The first-order chi connectivity index (χ1) is 8.39. The van der Waals surface area contributed by atoms with Crippen LogP contribution >= 0.6 is 11.8 Å². The molecule has 0 bridgehead atoms. The van der Waals surface area contributed by atoms with Gasteiger partial charge in [-0.05, 0) is 40.7 Å². The number of hydrogen-bond acceptors (Lipinski definition) is 5. The zero-order valence-corrected chi connectivity index (χ0v) is 12.2. The number of carbonyl (C=O) groups is 1. The molecule has 3 N–H and O–H groups in total. The van der Waals surface area contributed by atoms with Crippen LogP contribution in [0.4, 0.5) is 0 Å². The maximum Gasteiger partial charge on any atom is 0.256 e. The third-order valence-corrected chi connectivity index (χ3v) is 4.07. The Morgan fingerprint density at radius 2 is 2.22 bits per heavy atom. The lowest BCUT2D eigenvalue weighted by atomic mass is 9.96. The molecule has 1 amide bonds. The largest absolute Gasteiger partial charge is 0.437 e. The van der Waals surface area contributed by atoms with E-state index in [0.717, 1.165) is 23.6 Å². The van der Waals surface area contributed by atoms with Crippen molar-refractivity contribution in [3.8, 4) is 0 Å². The SMILES string of the molecule is CNC(C)(CCCSc1nc(C)c(C)o1)C(N)=O. The van der Waals surface area contributed by atoms with E-state index < -0.39 is 5.54 Å². The molecular formula is C12H21N3O2S. The van der Waals surface area contributed by atoms with E-state index in [4.69, 9.17) is 10.2 Å². The van der Waals surface area contributed by atoms with Crippen LogP contribution in [-0.4, -0.2) is 29.2 Å². The third-order valence-electron chi connectivity index (χ3n) is 3.15. The number of likely N-dealkylation sites (N-methyl/N-ethyl adjacent to an activating group) is 1. The van der Waals surface area contributed by atoms with Crippen molar-refractivity contribution >= 4 is 17.7 Å². The lowest BCUT2D eigenvalue weighted by Gasteiger charge is -2.25. The van der Waals surface area contributed by atoms with Crippen LogP contribution in [0.25, 0.3) is 0 Å². The fourth-order valence-electron chi connectivity index (χ4n) is 1.46. The number of carbonyl (C=O) groups excluding carboxylic acids is 1. The molecule has 0 aliphatic carbocycles. The molecule has 5 nitrogen and oxygen atoms in total. The molecule has 6 heteroatoms. The van der Waals surface area contributed by atoms with Gasteiger partial charge in [-0.3, -0.25) is 4.79 Å². The Morgan fingerprint density at radius 1 is 1.56 bits per heavy atom. The summed E-state index contributed by atoms with van der Waals surface area (Å²) in [6.07, 6.45) is 1.57. The van der Waals surface area contributed by atoms with Gasteiger partial charge in [-0.15, -0.1) is 0 Å². The fraction of sp³-hybridized carbons (Fsp3) is 0.667. The summed E-state index contributed by atoms with van der Waals surface area (Å²) < 4.78 is 5.46. The Kier molecular flexibility index (Phi) is 5.22. The zero-order valence-electron chi connectivity index (χ0n) is 11.4. The number of aryl methyl sites for hydroxylation is 2. The molecule has 1 heterocycles. The predicted octanol–water partition coefficient (Wildman–Crippen LogP) is 1.63. The van der Waals surface area contributed by atoms with E-state index in [-0.39, 0.29) is 5.91 Å². The molecule has 0 fully saturated rings. The van der Waals surface area contributed by atoms with Crippen molar-refractivity contribution in [2.45, 2.75) is 44.4 Å². The first kappa shape index (κ1) is 15.0. The first-order valence-electron chi connectivity index (χ1n) is 5.94. The van der Waals surface area contributed by atoms with Crippen LogP contribution in [0.5, 0.6) is 0 Å². The van der Waals surface area contributed by atoms with Crippen LogP contribution in [0.2, 0.25) is 0 Å². The molecule has 0 saturated heterocycles. The minimum Gasteiger partial charge on any atom is -0.437 e. The maximum atomic E-state index is 11.3. The van der Waals surface area contributed by atoms with E-state index in [1.807, 2.05) is 20.8 Å². The highest BCUT2D eigenvalue weighted by molar-refractivity contribution is 7.99. The van der Waals surface area contributed by atoms with E-state index >= 15 is 0 Å². The summed E-state index contributed by atoms with van der Waals surface area (Å²) in [6.45, 7) is 5.64. The van der Waals surface area contributed by atoms with Gasteiger partial charge in [0.15, 0.2) is 0 Å². The van der Waals surface area contributed by atoms with Crippen molar-refractivity contribution in [2.24, 2.45) is 5.73 Å². The standard InChI is InChI=1S/C12H21N3O2S/c1-8-9(2)17-11(15-8)18-7-5-6-12(3,14-4)10(13)16/h14H,5-7H2,1-4H3,(H2,13,16). The Hall–Kier alpha value is -1.01. The van der Waals surface area contributed by atoms with Crippen LogP contribution in [0, 0.1) is 13.8 Å². The average molecular weight is 271 g/mol. The molecule has 1 rings (SSSR count). The highest BCUT2D eigenvalue weighted by Crippen LogP contribution is 2.22. The molecule has 1 aromatic heterocycles. The van der Waals surface area contributed by atoms with Gasteiger partial charge in [0, 0.05) is 5.75 Å². The number of nitrogens with zero attached hydrogens (tertiary/aromatic N) is 1. The fourth-order valence-corrected chi connectivity index (χ4v) is 2.31. The van der Waals surface area contributed by atoms with Crippen LogP contribution in [0.3, 0.4) is 0 Å². The molecule has 1 aromatic rings. The summed E-state index contributed by atoms with van der Waals surface area (Å²) in [4.78, 5) is 15.6. The number of aromatic nitrogens is 1. The second kappa shape index (κ2) is 6.24. The van der Waals surface area contributed by atoms with Gasteiger partial charge in [-0.1, -0.05) is 11.8 Å². The number of nitrogens with one attached hydrogen (secondary N) is 1. The molecule has 0 spiro atoms. The molecule has 1 atom stereocenters. The van der Waals surface area contributed by atoms with Crippen molar-refractivity contribution in [1.82, 2.24) is 10.3 Å². The van der Waals surface area contributed by atoms with Crippen molar-refractivity contribution < 1.29 is 9.21 Å². The van der Waals surface area contributed by atoms with Gasteiger partial charge < -0.3 is 15.5 Å². The van der Waals surface area contributed by atoms with Crippen LogP contribution < -0.4 is 11.1 Å². The number of hydrogen-bond donors (Lipinski definition) is 2.